The maximum atomic E-state index is 12.5. The van der Waals surface area contributed by atoms with E-state index in [2.05, 4.69) is 0 Å². The van der Waals surface area contributed by atoms with E-state index in [1.54, 1.807) is 22.4 Å². The zero-order chi connectivity index (χ0) is 15.6. The Hall–Kier alpha value is -0.960. The van der Waals surface area contributed by atoms with E-state index >= 15 is 0 Å². The minimum atomic E-state index is -3.42. The summed E-state index contributed by atoms with van der Waals surface area (Å²) in [5.74, 6) is 0.0494. The van der Waals surface area contributed by atoms with Crippen LogP contribution >= 0.6 is 11.3 Å². The van der Waals surface area contributed by atoms with Crippen LogP contribution in [0.2, 0.25) is 0 Å². The van der Waals surface area contributed by atoms with E-state index in [0.29, 0.717) is 50.0 Å². The smallest absolute Gasteiger partial charge is 0.252 e. The number of carbonyl (C=O) groups excluding carboxylic acids is 1. The van der Waals surface area contributed by atoms with Crippen molar-refractivity contribution in [2.75, 3.05) is 39.4 Å². The van der Waals surface area contributed by atoms with E-state index in [0.717, 1.165) is 6.42 Å². The van der Waals surface area contributed by atoms with Gasteiger partial charge in [0.1, 0.15) is 4.21 Å². The van der Waals surface area contributed by atoms with Gasteiger partial charge in [0.25, 0.3) is 10.0 Å². The van der Waals surface area contributed by atoms with Gasteiger partial charge in [-0.05, 0) is 24.3 Å². The second kappa shape index (κ2) is 6.66. The summed E-state index contributed by atoms with van der Waals surface area (Å²) < 4.78 is 32.2. The van der Waals surface area contributed by atoms with Gasteiger partial charge < -0.3 is 9.64 Å². The summed E-state index contributed by atoms with van der Waals surface area (Å²) in [6.07, 6.45) is 1.44. The molecule has 122 valence electrons. The minimum absolute atomic E-state index is 0.0551. The average molecular weight is 344 g/mol. The molecule has 1 amide bonds. The van der Waals surface area contributed by atoms with Crippen molar-refractivity contribution in [2.24, 2.45) is 5.92 Å². The van der Waals surface area contributed by atoms with Crippen molar-refractivity contribution >= 4 is 27.3 Å². The first kappa shape index (κ1) is 15.9. The topological polar surface area (TPSA) is 66.9 Å². The molecule has 0 spiro atoms. The fraction of sp³-hybridized carbons (Fsp3) is 0.643. The minimum Gasteiger partial charge on any atom is -0.381 e. The molecule has 3 heterocycles. The number of hydrogen-bond donors (Lipinski definition) is 0. The highest BCUT2D eigenvalue weighted by Crippen LogP contribution is 2.23. The van der Waals surface area contributed by atoms with Crippen molar-refractivity contribution in [1.29, 1.82) is 0 Å². The second-order valence-corrected chi connectivity index (χ2v) is 8.69. The Bertz CT molecular complexity index is 609. The lowest BCUT2D eigenvalue weighted by Crippen LogP contribution is -2.40. The predicted octanol–water partition coefficient (Wildman–Crippen LogP) is 1.01. The van der Waals surface area contributed by atoms with Crippen molar-refractivity contribution in [1.82, 2.24) is 9.21 Å². The van der Waals surface area contributed by atoms with E-state index < -0.39 is 10.0 Å². The lowest BCUT2D eigenvalue weighted by atomic mass is 10.1. The third-order valence-corrected chi connectivity index (χ3v) is 7.41. The van der Waals surface area contributed by atoms with Gasteiger partial charge in [0.2, 0.25) is 5.91 Å². The van der Waals surface area contributed by atoms with Gasteiger partial charge in [0.15, 0.2) is 0 Å². The molecule has 0 bridgehead atoms. The molecule has 0 saturated carbocycles. The zero-order valence-electron chi connectivity index (χ0n) is 12.3. The molecule has 3 rings (SSSR count). The molecule has 8 heteroatoms. The molecule has 6 nitrogen and oxygen atoms in total. The standard InChI is InChI=1S/C14H20N2O4S2/c17-14(12-4-9-20-11-12)15-5-2-6-16(8-7-15)22(18,19)13-3-1-10-21-13/h1,3,10,12H,2,4-9,11H2. The molecule has 0 radical (unpaired) electrons. The third kappa shape index (κ3) is 3.19. The molecule has 0 aromatic carbocycles. The molecule has 0 N–H and O–H groups in total. The van der Waals surface area contributed by atoms with E-state index in [9.17, 15) is 13.2 Å². The first-order chi connectivity index (χ1) is 10.6. The first-order valence-electron chi connectivity index (χ1n) is 7.49. The monoisotopic (exact) mass is 344 g/mol. The fourth-order valence-electron chi connectivity index (χ4n) is 2.88. The van der Waals surface area contributed by atoms with Crippen LogP contribution in [-0.2, 0) is 19.6 Å². The van der Waals surface area contributed by atoms with Crippen LogP contribution in [0.3, 0.4) is 0 Å². The number of thiophene rings is 1. The van der Waals surface area contributed by atoms with Gasteiger partial charge in [-0.3, -0.25) is 4.79 Å². The Morgan fingerprint density at radius 2 is 2.14 bits per heavy atom. The quantitative estimate of drug-likeness (QED) is 0.821. The third-order valence-electron chi connectivity index (χ3n) is 4.13. The summed E-state index contributed by atoms with van der Waals surface area (Å²) in [6, 6.07) is 3.37. The van der Waals surface area contributed by atoms with Crippen molar-refractivity contribution in [2.45, 2.75) is 17.1 Å². The lowest BCUT2D eigenvalue weighted by Gasteiger charge is -2.23. The molecule has 1 atom stereocenters. The molecule has 1 aromatic rings. The number of sulfonamides is 1. The van der Waals surface area contributed by atoms with E-state index in [-0.39, 0.29) is 11.8 Å². The van der Waals surface area contributed by atoms with Crippen LogP contribution < -0.4 is 0 Å². The normalized spacial score (nSPS) is 24.4. The SMILES string of the molecule is O=C(C1CCOC1)N1CCCN(S(=O)(=O)c2cccs2)CC1. The Balaban J connectivity index is 1.66. The highest BCUT2D eigenvalue weighted by atomic mass is 32.2. The van der Waals surface area contributed by atoms with Gasteiger partial charge in [-0.2, -0.15) is 4.31 Å². The van der Waals surface area contributed by atoms with Crippen LogP contribution in [-0.4, -0.2) is 62.9 Å². The zero-order valence-corrected chi connectivity index (χ0v) is 13.9. The lowest BCUT2D eigenvalue weighted by molar-refractivity contribution is -0.135. The Morgan fingerprint density at radius 3 is 2.82 bits per heavy atom. The van der Waals surface area contributed by atoms with Gasteiger partial charge in [-0.1, -0.05) is 6.07 Å². The summed E-state index contributed by atoms with van der Waals surface area (Å²) in [5.41, 5.74) is 0. The number of nitrogens with zero attached hydrogens (tertiary/aromatic N) is 2. The number of rotatable bonds is 3. The van der Waals surface area contributed by atoms with Gasteiger partial charge in [-0.15, -0.1) is 11.3 Å². The molecule has 22 heavy (non-hydrogen) atoms. The summed E-state index contributed by atoms with van der Waals surface area (Å²) in [5, 5.41) is 1.76. The van der Waals surface area contributed by atoms with Gasteiger partial charge in [0, 0.05) is 32.8 Å². The molecule has 1 aromatic heterocycles. The van der Waals surface area contributed by atoms with Gasteiger partial charge in [0.05, 0.1) is 12.5 Å². The first-order valence-corrected chi connectivity index (χ1v) is 9.81. The highest BCUT2D eigenvalue weighted by Gasteiger charge is 2.32. The summed E-state index contributed by atoms with van der Waals surface area (Å²) in [4.78, 5) is 14.2. The molecular formula is C14H20N2O4S2. The van der Waals surface area contributed by atoms with E-state index in [4.69, 9.17) is 4.74 Å². The van der Waals surface area contributed by atoms with E-state index in [1.165, 1.54) is 15.6 Å². The Morgan fingerprint density at radius 1 is 1.27 bits per heavy atom. The molecule has 2 aliphatic heterocycles. The van der Waals surface area contributed by atoms with Crippen LogP contribution in [0.15, 0.2) is 21.7 Å². The summed E-state index contributed by atoms with van der Waals surface area (Å²) in [6.45, 7) is 3.03. The fourth-order valence-corrected chi connectivity index (χ4v) is 5.49. The molecule has 0 aliphatic carbocycles. The highest BCUT2D eigenvalue weighted by molar-refractivity contribution is 7.91. The average Bonchev–Trinajstić information content (AvgIpc) is 3.16. The largest absolute Gasteiger partial charge is 0.381 e. The van der Waals surface area contributed by atoms with Crippen LogP contribution in [0, 0.1) is 5.92 Å². The summed E-state index contributed by atoms with van der Waals surface area (Å²) >= 11 is 1.23. The predicted molar refractivity (Wildman–Crippen MR) is 83.2 cm³/mol. The molecule has 2 fully saturated rings. The van der Waals surface area contributed by atoms with Crippen LogP contribution in [0.5, 0.6) is 0 Å². The van der Waals surface area contributed by atoms with Gasteiger partial charge in [-0.25, -0.2) is 8.42 Å². The van der Waals surface area contributed by atoms with Gasteiger partial charge >= 0.3 is 0 Å². The number of hydrogen-bond acceptors (Lipinski definition) is 5. The Kier molecular flexibility index (Phi) is 4.82. The second-order valence-electron chi connectivity index (χ2n) is 5.58. The molecular weight excluding hydrogens is 324 g/mol. The van der Waals surface area contributed by atoms with Crippen molar-refractivity contribution in [3.63, 3.8) is 0 Å². The molecule has 2 saturated heterocycles. The maximum Gasteiger partial charge on any atom is 0.252 e. The van der Waals surface area contributed by atoms with Crippen molar-refractivity contribution in [3.05, 3.63) is 17.5 Å². The number of ether oxygens (including phenoxy) is 1. The number of carbonyl (C=O) groups is 1. The summed E-state index contributed by atoms with van der Waals surface area (Å²) in [7, 11) is -3.42. The molecule has 2 aliphatic rings. The van der Waals surface area contributed by atoms with Crippen LogP contribution in [0.4, 0.5) is 0 Å². The molecule has 1 unspecified atom stereocenters. The van der Waals surface area contributed by atoms with Crippen LogP contribution in [0.1, 0.15) is 12.8 Å². The van der Waals surface area contributed by atoms with Crippen LogP contribution in [0.25, 0.3) is 0 Å². The van der Waals surface area contributed by atoms with E-state index in [1.807, 2.05) is 0 Å². The van der Waals surface area contributed by atoms with Crippen molar-refractivity contribution in [3.8, 4) is 0 Å². The number of amides is 1. The maximum absolute atomic E-state index is 12.5. The van der Waals surface area contributed by atoms with Crippen molar-refractivity contribution < 1.29 is 17.9 Å². The Labute approximate surface area is 134 Å².